The average molecular weight is 474 g/mol. The van der Waals surface area contributed by atoms with Gasteiger partial charge in [0.05, 0.1) is 4.91 Å². The summed E-state index contributed by atoms with van der Waals surface area (Å²) >= 11 is 0.828. The average Bonchev–Trinajstić information content (AvgIpc) is 3.45. The highest BCUT2D eigenvalue weighted by atomic mass is 32.2. The molecule has 0 aliphatic carbocycles. The highest BCUT2D eigenvalue weighted by Crippen LogP contribution is 2.33. The number of rotatable bonds is 5. The summed E-state index contributed by atoms with van der Waals surface area (Å²) in [4.78, 5) is 43.4. The van der Waals surface area contributed by atoms with Gasteiger partial charge in [-0.1, -0.05) is 48.5 Å². The molecule has 172 valence electrons. The summed E-state index contributed by atoms with van der Waals surface area (Å²) in [6.07, 6.45) is 1.56. The molecule has 0 saturated carbocycles. The number of nitrogens with zero attached hydrogens (tertiary/aromatic N) is 3. The molecule has 0 N–H and O–H groups in total. The van der Waals surface area contributed by atoms with Gasteiger partial charge in [-0.05, 0) is 36.0 Å². The number of hydrogen-bond acceptors (Lipinski definition) is 6. The van der Waals surface area contributed by atoms with E-state index in [4.69, 9.17) is 4.42 Å². The summed E-state index contributed by atoms with van der Waals surface area (Å²) in [5, 5.41) is -0.442. The van der Waals surface area contributed by atoms with Crippen molar-refractivity contribution in [2.24, 2.45) is 0 Å². The predicted molar refractivity (Wildman–Crippen MR) is 132 cm³/mol. The first-order valence-corrected chi connectivity index (χ1v) is 11.9. The van der Waals surface area contributed by atoms with Crippen LogP contribution in [0.15, 0.2) is 82.1 Å². The molecule has 2 fully saturated rings. The van der Waals surface area contributed by atoms with Gasteiger partial charge < -0.3 is 14.2 Å². The van der Waals surface area contributed by atoms with Gasteiger partial charge in [-0.25, -0.2) is 0 Å². The second-order valence-electron chi connectivity index (χ2n) is 8.04. The Balaban J connectivity index is 1.20. The van der Waals surface area contributed by atoms with Crippen molar-refractivity contribution in [3.63, 3.8) is 0 Å². The lowest BCUT2D eigenvalue weighted by molar-refractivity contribution is -0.136. The first-order chi connectivity index (χ1) is 16.6. The lowest BCUT2D eigenvalue weighted by Crippen LogP contribution is -2.51. The normalized spacial score (nSPS) is 17.6. The number of thioether (sulfide) groups is 1. The number of para-hydroxylation sites is 1. The number of carbonyl (C=O) groups is 3. The van der Waals surface area contributed by atoms with E-state index >= 15 is 0 Å². The van der Waals surface area contributed by atoms with Crippen LogP contribution in [-0.2, 0) is 9.59 Å². The van der Waals surface area contributed by atoms with Crippen LogP contribution in [0.5, 0.6) is 0 Å². The summed E-state index contributed by atoms with van der Waals surface area (Å²) in [6.45, 7) is 2.27. The van der Waals surface area contributed by atoms with Gasteiger partial charge in [0, 0.05) is 43.5 Å². The van der Waals surface area contributed by atoms with Crippen LogP contribution in [0, 0.1) is 0 Å². The summed E-state index contributed by atoms with van der Waals surface area (Å²) in [5.41, 5.74) is 2.05. The summed E-state index contributed by atoms with van der Waals surface area (Å²) in [6, 6.07) is 23.3. The number of hydrogen-bond donors (Lipinski definition) is 0. The van der Waals surface area contributed by atoms with Gasteiger partial charge in [0.25, 0.3) is 11.1 Å². The maximum atomic E-state index is 12.8. The van der Waals surface area contributed by atoms with E-state index < -0.39 is 11.1 Å². The Labute approximate surface area is 201 Å². The lowest BCUT2D eigenvalue weighted by Gasteiger charge is -2.36. The predicted octanol–water partition coefficient (Wildman–Crippen LogP) is 4.33. The van der Waals surface area contributed by atoms with E-state index in [-0.39, 0.29) is 17.4 Å². The maximum absolute atomic E-state index is 12.8. The highest BCUT2D eigenvalue weighted by Gasteiger charge is 2.37. The zero-order valence-corrected chi connectivity index (χ0v) is 19.2. The molecule has 0 atom stereocenters. The molecule has 1 aromatic heterocycles. The third-order valence-electron chi connectivity index (χ3n) is 5.88. The Hall–Kier alpha value is -3.78. The number of anilines is 1. The smallest absolute Gasteiger partial charge is 0.294 e. The van der Waals surface area contributed by atoms with Gasteiger partial charge in [0.15, 0.2) is 0 Å². The van der Waals surface area contributed by atoms with Crippen molar-refractivity contribution >= 4 is 40.6 Å². The largest absolute Gasteiger partial charge is 0.457 e. The van der Waals surface area contributed by atoms with Crippen molar-refractivity contribution < 1.29 is 18.8 Å². The van der Waals surface area contributed by atoms with Gasteiger partial charge in [-0.15, -0.1) is 0 Å². The van der Waals surface area contributed by atoms with E-state index in [9.17, 15) is 14.4 Å². The van der Waals surface area contributed by atoms with Crippen LogP contribution in [0.1, 0.15) is 5.76 Å². The summed E-state index contributed by atoms with van der Waals surface area (Å²) in [5.74, 6) is 0.466. The SMILES string of the molecule is O=C(CN1C(=O)S/C(=C/c2ccc(-c3ccccc3)o2)C1=O)N1CCN(c2ccccc2)CC1. The van der Waals surface area contributed by atoms with Crippen LogP contribution in [0.25, 0.3) is 17.4 Å². The van der Waals surface area contributed by atoms with Crippen molar-refractivity contribution in [3.05, 3.63) is 83.5 Å². The fourth-order valence-electron chi connectivity index (χ4n) is 4.04. The first-order valence-electron chi connectivity index (χ1n) is 11.1. The van der Waals surface area contributed by atoms with Crippen molar-refractivity contribution in [2.75, 3.05) is 37.6 Å². The van der Waals surface area contributed by atoms with E-state index in [0.29, 0.717) is 37.7 Å². The number of carbonyl (C=O) groups excluding carboxylic acids is 3. The molecule has 3 aromatic rings. The molecule has 5 rings (SSSR count). The molecule has 2 aliphatic rings. The zero-order valence-electron chi connectivity index (χ0n) is 18.4. The van der Waals surface area contributed by atoms with Crippen molar-refractivity contribution in [3.8, 4) is 11.3 Å². The second-order valence-corrected chi connectivity index (χ2v) is 9.03. The number of benzene rings is 2. The van der Waals surface area contributed by atoms with Crippen molar-refractivity contribution in [2.45, 2.75) is 0 Å². The van der Waals surface area contributed by atoms with Gasteiger partial charge >= 0.3 is 0 Å². The molecule has 34 heavy (non-hydrogen) atoms. The highest BCUT2D eigenvalue weighted by molar-refractivity contribution is 8.18. The number of amides is 3. The van der Waals surface area contributed by atoms with Crippen LogP contribution >= 0.6 is 11.8 Å². The molecular formula is C26H23N3O4S. The molecule has 8 heteroatoms. The molecule has 2 aliphatic heterocycles. The molecule has 3 heterocycles. The fourth-order valence-corrected chi connectivity index (χ4v) is 4.86. The molecule has 3 amide bonds. The molecule has 2 aromatic carbocycles. The van der Waals surface area contributed by atoms with Crippen LogP contribution in [0.3, 0.4) is 0 Å². The quantitative estimate of drug-likeness (QED) is 0.514. The van der Waals surface area contributed by atoms with Crippen LogP contribution in [0.2, 0.25) is 0 Å². The van der Waals surface area contributed by atoms with Crippen molar-refractivity contribution in [1.29, 1.82) is 0 Å². The third kappa shape index (κ3) is 4.63. The Kier molecular flexibility index (Phi) is 6.22. The van der Waals surface area contributed by atoms with E-state index in [0.717, 1.165) is 27.9 Å². The van der Waals surface area contributed by atoms with Crippen LogP contribution < -0.4 is 4.90 Å². The summed E-state index contributed by atoms with van der Waals surface area (Å²) < 4.78 is 5.82. The van der Waals surface area contributed by atoms with E-state index in [1.807, 2.05) is 66.7 Å². The molecule has 2 saturated heterocycles. The van der Waals surface area contributed by atoms with Gasteiger partial charge in [-0.2, -0.15) is 0 Å². The topological polar surface area (TPSA) is 74.1 Å². The van der Waals surface area contributed by atoms with Gasteiger partial charge in [0.1, 0.15) is 18.1 Å². The summed E-state index contributed by atoms with van der Waals surface area (Å²) in [7, 11) is 0. The first kappa shape index (κ1) is 22.0. The Morgan fingerprint density at radius 2 is 1.56 bits per heavy atom. The minimum atomic E-state index is -0.469. The molecule has 0 spiro atoms. The van der Waals surface area contributed by atoms with Crippen LogP contribution in [-0.4, -0.2) is 59.6 Å². The van der Waals surface area contributed by atoms with Crippen molar-refractivity contribution in [1.82, 2.24) is 9.80 Å². The van der Waals surface area contributed by atoms with Gasteiger partial charge in [0.2, 0.25) is 5.91 Å². The fraction of sp³-hybridized carbons (Fsp3) is 0.192. The number of imide groups is 1. The second kappa shape index (κ2) is 9.61. The minimum Gasteiger partial charge on any atom is -0.457 e. The molecule has 0 radical (unpaired) electrons. The molecular weight excluding hydrogens is 450 g/mol. The maximum Gasteiger partial charge on any atom is 0.294 e. The molecule has 7 nitrogen and oxygen atoms in total. The number of piperazine rings is 1. The monoisotopic (exact) mass is 473 g/mol. The minimum absolute atomic E-state index is 0.222. The third-order valence-corrected chi connectivity index (χ3v) is 6.79. The standard InChI is InChI=1S/C26H23N3O4S/c30-24(28-15-13-27(14-16-28)20-9-5-2-6-10-20)18-29-25(31)23(34-26(29)32)17-21-11-12-22(33-21)19-7-3-1-4-8-19/h1-12,17H,13-16,18H2/b23-17+. The Bertz CT molecular complexity index is 1230. The lowest BCUT2D eigenvalue weighted by atomic mass is 10.2. The molecule has 0 unspecified atom stereocenters. The molecule has 0 bridgehead atoms. The van der Waals surface area contributed by atoms with E-state index in [1.54, 1.807) is 17.0 Å². The van der Waals surface area contributed by atoms with Gasteiger partial charge in [-0.3, -0.25) is 19.3 Å². The Morgan fingerprint density at radius 1 is 0.882 bits per heavy atom. The zero-order chi connectivity index (χ0) is 23.5. The van der Waals surface area contributed by atoms with E-state index in [2.05, 4.69) is 4.90 Å². The Morgan fingerprint density at radius 3 is 2.26 bits per heavy atom. The number of furan rings is 1. The van der Waals surface area contributed by atoms with Crippen LogP contribution in [0.4, 0.5) is 10.5 Å². The van der Waals surface area contributed by atoms with E-state index in [1.165, 1.54) is 0 Å².